The van der Waals surface area contributed by atoms with Crippen molar-refractivity contribution < 1.29 is 9.21 Å². The fourth-order valence-corrected chi connectivity index (χ4v) is 3.62. The number of rotatable bonds is 6. The van der Waals surface area contributed by atoms with Crippen LogP contribution in [0.4, 0.5) is 0 Å². The van der Waals surface area contributed by atoms with Crippen molar-refractivity contribution in [2.75, 3.05) is 0 Å². The minimum atomic E-state index is -0.394. The summed E-state index contributed by atoms with van der Waals surface area (Å²) in [7, 11) is 0. The summed E-state index contributed by atoms with van der Waals surface area (Å²) < 4.78 is 5.73. The molecule has 2 N–H and O–H groups in total. The molecule has 0 unspecified atom stereocenters. The summed E-state index contributed by atoms with van der Waals surface area (Å²) in [6, 6.07) is 5.58. The van der Waals surface area contributed by atoms with E-state index in [-0.39, 0.29) is 24.4 Å². The van der Waals surface area contributed by atoms with Crippen molar-refractivity contribution >= 4 is 17.2 Å². The van der Waals surface area contributed by atoms with Crippen molar-refractivity contribution in [2.45, 2.75) is 40.2 Å². The number of hydrogen-bond acceptors (Lipinski definition) is 6. The topological polar surface area (TPSA) is 112 Å². The van der Waals surface area contributed by atoms with Gasteiger partial charge in [-0.15, -0.1) is 11.3 Å². The number of H-pyrrole nitrogens is 1. The Morgan fingerprint density at radius 2 is 2.14 bits per heavy atom. The fraction of sp³-hybridized carbons (Fsp3) is 0.300. The van der Waals surface area contributed by atoms with E-state index in [1.54, 1.807) is 25.2 Å². The highest BCUT2D eigenvalue weighted by atomic mass is 32.1. The Kier molecular flexibility index (Phi) is 5.76. The van der Waals surface area contributed by atoms with Crippen LogP contribution in [0, 0.1) is 32.1 Å². The third-order valence-electron chi connectivity index (χ3n) is 4.52. The summed E-state index contributed by atoms with van der Waals surface area (Å²) in [6.07, 6.45) is 0.688. The molecule has 28 heavy (non-hydrogen) atoms. The van der Waals surface area contributed by atoms with Gasteiger partial charge in [-0.3, -0.25) is 9.59 Å². The number of aromatic amines is 1. The van der Waals surface area contributed by atoms with Crippen LogP contribution < -0.4 is 10.9 Å². The van der Waals surface area contributed by atoms with E-state index in [2.05, 4.69) is 15.3 Å². The van der Waals surface area contributed by atoms with Crippen molar-refractivity contribution in [3.63, 3.8) is 0 Å². The molecule has 0 aromatic carbocycles. The largest absolute Gasteiger partial charge is 0.458 e. The first kappa shape index (κ1) is 19.6. The Morgan fingerprint density at radius 1 is 1.36 bits per heavy atom. The molecule has 7 nitrogen and oxygen atoms in total. The third kappa shape index (κ3) is 4.21. The molecular formula is C20H20N4O3S. The number of carbonyl (C=O) groups excluding carboxylic acids is 1. The lowest BCUT2D eigenvalue weighted by molar-refractivity contribution is -0.121. The van der Waals surface area contributed by atoms with Crippen LogP contribution in [0.1, 0.15) is 39.6 Å². The highest BCUT2D eigenvalue weighted by Gasteiger charge is 2.14. The Bertz CT molecular complexity index is 1120. The number of hydrogen-bond donors (Lipinski definition) is 2. The van der Waals surface area contributed by atoms with Crippen LogP contribution >= 0.6 is 11.3 Å². The number of aromatic nitrogens is 2. The molecule has 0 saturated heterocycles. The molecule has 0 aliphatic rings. The van der Waals surface area contributed by atoms with Crippen molar-refractivity contribution in [1.82, 2.24) is 15.3 Å². The highest BCUT2D eigenvalue weighted by Crippen LogP contribution is 2.23. The van der Waals surface area contributed by atoms with Gasteiger partial charge in [0.05, 0.1) is 11.6 Å². The van der Waals surface area contributed by atoms with E-state index >= 15 is 0 Å². The molecule has 3 aromatic rings. The SMILES string of the molecule is Cc1nc(-c2ccc(CNC(=O)CCc3c(C)[nH]c(=O)c(C#N)c3C)o2)cs1. The molecule has 0 atom stereocenters. The smallest absolute Gasteiger partial charge is 0.266 e. The average molecular weight is 396 g/mol. The van der Waals surface area contributed by atoms with Crippen LogP contribution in [-0.2, 0) is 17.8 Å². The fourth-order valence-electron chi connectivity index (χ4n) is 3.02. The monoisotopic (exact) mass is 396 g/mol. The number of nitriles is 1. The first-order chi connectivity index (χ1) is 13.4. The van der Waals surface area contributed by atoms with E-state index in [1.807, 2.05) is 30.5 Å². The van der Waals surface area contributed by atoms with E-state index in [0.29, 0.717) is 29.2 Å². The van der Waals surface area contributed by atoms with Crippen molar-refractivity contribution in [2.24, 2.45) is 0 Å². The number of aryl methyl sites for hydroxylation is 2. The molecule has 144 valence electrons. The summed E-state index contributed by atoms with van der Waals surface area (Å²) >= 11 is 1.55. The van der Waals surface area contributed by atoms with Crippen LogP contribution in [0.2, 0.25) is 0 Å². The number of nitrogens with zero attached hydrogens (tertiary/aromatic N) is 2. The molecule has 1 amide bonds. The molecule has 3 heterocycles. The second-order valence-corrected chi connectivity index (χ2v) is 7.53. The van der Waals surface area contributed by atoms with E-state index in [0.717, 1.165) is 16.3 Å². The van der Waals surface area contributed by atoms with Crippen LogP contribution in [0.5, 0.6) is 0 Å². The third-order valence-corrected chi connectivity index (χ3v) is 5.29. The highest BCUT2D eigenvalue weighted by molar-refractivity contribution is 7.09. The zero-order valence-corrected chi connectivity index (χ0v) is 16.7. The van der Waals surface area contributed by atoms with Gasteiger partial charge in [0.15, 0.2) is 5.76 Å². The van der Waals surface area contributed by atoms with Crippen molar-refractivity contribution in [1.29, 1.82) is 5.26 Å². The standard InChI is InChI=1S/C20H20N4O3S/c1-11-15(12(2)23-20(26)16(11)8-21)5-7-19(25)22-9-14-4-6-18(27-14)17-10-28-13(3)24-17/h4,6,10H,5,7,9H2,1-3H3,(H,22,25)(H,23,26). The minimum Gasteiger partial charge on any atom is -0.458 e. The van der Waals surface area contributed by atoms with Crippen LogP contribution in [-0.4, -0.2) is 15.9 Å². The molecule has 0 radical (unpaired) electrons. The predicted octanol–water partition coefficient (Wildman–Crippen LogP) is 3.14. The van der Waals surface area contributed by atoms with Gasteiger partial charge >= 0.3 is 0 Å². The van der Waals surface area contributed by atoms with E-state index in [1.165, 1.54) is 0 Å². The molecule has 0 aliphatic carbocycles. The molecule has 0 saturated carbocycles. The van der Waals surface area contributed by atoms with Gasteiger partial charge < -0.3 is 14.7 Å². The van der Waals surface area contributed by atoms with Crippen molar-refractivity contribution in [3.05, 3.63) is 61.0 Å². The second kappa shape index (κ2) is 8.23. The van der Waals surface area contributed by atoms with Crippen molar-refractivity contribution in [3.8, 4) is 17.5 Å². The lowest BCUT2D eigenvalue weighted by Gasteiger charge is -2.10. The van der Waals surface area contributed by atoms with E-state index in [4.69, 9.17) is 9.68 Å². The molecule has 0 fully saturated rings. The van der Waals surface area contributed by atoms with Gasteiger partial charge in [0.2, 0.25) is 5.91 Å². The summed E-state index contributed by atoms with van der Waals surface area (Å²) in [4.78, 5) is 31.0. The summed E-state index contributed by atoms with van der Waals surface area (Å²) in [5.74, 6) is 1.19. The lowest BCUT2D eigenvalue weighted by atomic mass is 9.99. The first-order valence-electron chi connectivity index (χ1n) is 8.79. The number of amides is 1. The number of furan rings is 1. The summed E-state index contributed by atoms with van der Waals surface area (Å²) in [5, 5.41) is 14.9. The van der Waals surface area contributed by atoms with Crippen LogP contribution in [0.15, 0.2) is 26.7 Å². The average Bonchev–Trinajstić information content (AvgIpc) is 3.28. The maximum atomic E-state index is 12.2. The molecule has 0 aliphatic heterocycles. The quantitative estimate of drug-likeness (QED) is 0.665. The molecule has 0 bridgehead atoms. The lowest BCUT2D eigenvalue weighted by Crippen LogP contribution is -2.23. The Hall–Kier alpha value is -3.18. The molecule has 3 aromatic heterocycles. The first-order valence-corrected chi connectivity index (χ1v) is 9.67. The molecular weight excluding hydrogens is 376 g/mol. The van der Waals surface area contributed by atoms with Crippen LogP contribution in [0.3, 0.4) is 0 Å². The number of pyridine rings is 1. The van der Waals surface area contributed by atoms with Gasteiger partial charge in [0, 0.05) is 17.5 Å². The van der Waals surface area contributed by atoms with Gasteiger partial charge in [-0.2, -0.15) is 5.26 Å². The summed E-state index contributed by atoms with van der Waals surface area (Å²) in [5.41, 5.74) is 2.63. The second-order valence-electron chi connectivity index (χ2n) is 6.46. The maximum Gasteiger partial charge on any atom is 0.266 e. The van der Waals surface area contributed by atoms with Gasteiger partial charge in [-0.25, -0.2) is 4.98 Å². The summed E-state index contributed by atoms with van der Waals surface area (Å²) in [6.45, 7) is 5.73. The van der Waals surface area contributed by atoms with Gasteiger partial charge in [-0.05, 0) is 50.5 Å². The Balaban J connectivity index is 1.58. The molecule has 8 heteroatoms. The minimum absolute atomic E-state index is 0.0985. The normalized spacial score (nSPS) is 10.6. The number of nitrogens with one attached hydrogen (secondary N) is 2. The number of carbonyl (C=O) groups is 1. The van der Waals surface area contributed by atoms with E-state index < -0.39 is 5.56 Å². The predicted molar refractivity (Wildman–Crippen MR) is 106 cm³/mol. The molecule has 0 spiro atoms. The Morgan fingerprint density at radius 3 is 2.82 bits per heavy atom. The van der Waals surface area contributed by atoms with Gasteiger partial charge in [-0.1, -0.05) is 0 Å². The van der Waals surface area contributed by atoms with Gasteiger partial charge in [0.25, 0.3) is 5.56 Å². The van der Waals surface area contributed by atoms with Crippen LogP contribution in [0.25, 0.3) is 11.5 Å². The zero-order valence-electron chi connectivity index (χ0n) is 15.9. The number of thiazole rings is 1. The van der Waals surface area contributed by atoms with E-state index in [9.17, 15) is 9.59 Å². The maximum absolute atomic E-state index is 12.2. The zero-order chi connectivity index (χ0) is 20.3. The Labute approximate surface area is 166 Å². The molecule has 3 rings (SSSR count). The van der Waals surface area contributed by atoms with Gasteiger partial charge in [0.1, 0.15) is 23.1 Å².